The van der Waals surface area contributed by atoms with Crippen molar-refractivity contribution < 1.29 is 13.2 Å². The Balaban J connectivity index is 1.35. The second kappa shape index (κ2) is 11.0. The lowest BCUT2D eigenvalue weighted by molar-refractivity contribution is -0.138. The number of hydrogen-bond acceptors (Lipinski definition) is 4. The smallest absolute Gasteiger partial charge is 0.360 e. The summed E-state index contributed by atoms with van der Waals surface area (Å²) in [5.74, 6) is 6.42. The number of likely N-dealkylation sites (N-methyl/N-ethyl adjacent to an activating group) is 1. The van der Waals surface area contributed by atoms with Gasteiger partial charge in [-0.1, -0.05) is 36.6 Å². The van der Waals surface area contributed by atoms with Gasteiger partial charge >= 0.3 is 6.18 Å². The maximum absolute atomic E-state index is 14.0. The Kier molecular flexibility index (Phi) is 7.47. The van der Waals surface area contributed by atoms with Gasteiger partial charge in [-0.05, 0) is 54.9 Å². The number of alkyl halides is 3. The standard InChI is InChI=1S/C31H30F3N5/c1-21-4-5-24(16-23(21)6-7-25-18-35-19-30-28(25)10-11-36-30)22(2)37-27-9-8-26(29(17-27)31(32,33)34)20-39-14-12-38(3)13-15-39/h4-5,8-11,16-19,36-37H,2,12-15,20H2,1,3H3. The molecule has 39 heavy (non-hydrogen) atoms. The van der Waals surface area contributed by atoms with E-state index in [1.807, 2.05) is 44.4 Å². The molecule has 0 aliphatic carbocycles. The summed E-state index contributed by atoms with van der Waals surface area (Å²) in [6, 6.07) is 12.1. The largest absolute Gasteiger partial charge is 0.416 e. The van der Waals surface area contributed by atoms with Gasteiger partial charge in [-0.15, -0.1) is 0 Å². The van der Waals surface area contributed by atoms with Crippen molar-refractivity contribution in [3.05, 3.63) is 101 Å². The highest BCUT2D eigenvalue weighted by Crippen LogP contribution is 2.35. The van der Waals surface area contributed by atoms with Crippen LogP contribution in [0, 0.1) is 18.8 Å². The summed E-state index contributed by atoms with van der Waals surface area (Å²) in [5, 5.41) is 4.07. The molecule has 200 valence electrons. The molecule has 2 aromatic carbocycles. The van der Waals surface area contributed by atoms with Gasteiger partial charge in [0, 0.05) is 67.5 Å². The molecule has 0 amide bonds. The van der Waals surface area contributed by atoms with Crippen molar-refractivity contribution in [1.82, 2.24) is 19.8 Å². The van der Waals surface area contributed by atoms with E-state index in [9.17, 15) is 13.2 Å². The van der Waals surface area contributed by atoms with Gasteiger partial charge in [0.2, 0.25) is 0 Å². The van der Waals surface area contributed by atoms with Crippen molar-refractivity contribution in [2.24, 2.45) is 0 Å². The van der Waals surface area contributed by atoms with Crippen LogP contribution in [0.25, 0.3) is 16.6 Å². The topological polar surface area (TPSA) is 47.2 Å². The average molecular weight is 530 g/mol. The van der Waals surface area contributed by atoms with Crippen LogP contribution in [0.1, 0.15) is 33.4 Å². The molecule has 8 heteroatoms. The molecular weight excluding hydrogens is 499 g/mol. The monoisotopic (exact) mass is 529 g/mol. The Morgan fingerprint density at radius 1 is 1.03 bits per heavy atom. The molecule has 0 unspecified atom stereocenters. The predicted octanol–water partition coefficient (Wildman–Crippen LogP) is 6.12. The SMILES string of the molecule is C=C(Nc1ccc(CN2CCN(C)CC2)c(C(F)(F)F)c1)c1ccc(C)c(C#Cc2cncc3[nH]ccc23)c1. The Bertz CT molecular complexity index is 1570. The van der Waals surface area contributed by atoms with Crippen LogP contribution in [0.15, 0.2) is 67.6 Å². The lowest BCUT2D eigenvalue weighted by atomic mass is 10.0. The zero-order valence-electron chi connectivity index (χ0n) is 22.0. The van der Waals surface area contributed by atoms with E-state index in [2.05, 4.69) is 43.5 Å². The number of rotatable bonds is 5. The van der Waals surface area contributed by atoms with Gasteiger partial charge in [-0.25, -0.2) is 0 Å². The number of aromatic amines is 1. The molecule has 5 nitrogen and oxygen atoms in total. The van der Waals surface area contributed by atoms with Crippen LogP contribution >= 0.6 is 0 Å². The van der Waals surface area contributed by atoms with E-state index in [1.54, 1.807) is 24.5 Å². The van der Waals surface area contributed by atoms with Crippen molar-refractivity contribution in [3.63, 3.8) is 0 Å². The van der Waals surface area contributed by atoms with Crippen molar-refractivity contribution in [3.8, 4) is 11.8 Å². The van der Waals surface area contributed by atoms with E-state index < -0.39 is 11.7 Å². The zero-order valence-corrected chi connectivity index (χ0v) is 22.0. The first kappa shape index (κ1) is 26.5. The minimum atomic E-state index is -4.45. The van der Waals surface area contributed by atoms with Crippen molar-refractivity contribution in [2.75, 3.05) is 38.5 Å². The van der Waals surface area contributed by atoms with Crippen molar-refractivity contribution >= 4 is 22.3 Å². The highest BCUT2D eigenvalue weighted by molar-refractivity contribution is 5.85. The predicted molar refractivity (Wildman–Crippen MR) is 150 cm³/mol. The van der Waals surface area contributed by atoms with Crippen LogP contribution < -0.4 is 5.32 Å². The Morgan fingerprint density at radius 2 is 1.79 bits per heavy atom. The van der Waals surface area contributed by atoms with E-state index in [0.29, 0.717) is 11.4 Å². The summed E-state index contributed by atoms with van der Waals surface area (Å²) >= 11 is 0. The fourth-order valence-electron chi connectivity index (χ4n) is 4.71. The van der Waals surface area contributed by atoms with Crippen molar-refractivity contribution in [2.45, 2.75) is 19.6 Å². The van der Waals surface area contributed by atoms with Gasteiger partial charge in [-0.2, -0.15) is 13.2 Å². The fourth-order valence-corrected chi connectivity index (χ4v) is 4.71. The molecule has 1 fully saturated rings. The van der Waals surface area contributed by atoms with Crippen LogP contribution in [0.2, 0.25) is 0 Å². The first-order chi connectivity index (χ1) is 18.7. The summed E-state index contributed by atoms with van der Waals surface area (Å²) in [5.41, 5.74) is 4.76. The molecule has 1 aliphatic rings. The molecule has 2 aromatic heterocycles. The summed E-state index contributed by atoms with van der Waals surface area (Å²) in [4.78, 5) is 11.6. The van der Waals surface area contributed by atoms with E-state index in [4.69, 9.17) is 0 Å². The van der Waals surface area contributed by atoms with Crippen LogP contribution in [-0.2, 0) is 12.7 Å². The van der Waals surface area contributed by atoms with Gasteiger partial charge in [0.25, 0.3) is 0 Å². The lowest BCUT2D eigenvalue weighted by Gasteiger charge is -2.33. The summed E-state index contributed by atoms with van der Waals surface area (Å²) in [6.07, 6.45) is 0.882. The molecule has 1 saturated heterocycles. The minimum absolute atomic E-state index is 0.274. The Hall–Kier alpha value is -4.06. The number of pyridine rings is 1. The first-order valence-electron chi connectivity index (χ1n) is 12.8. The summed E-state index contributed by atoms with van der Waals surface area (Å²) < 4.78 is 42.0. The van der Waals surface area contributed by atoms with Gasteiger partial charge < -0.3 is 15.2 Å². The highest BCUT2D eigenvalue weighted by Gasteiger charge is 2.34. The molecule has 3 heterocycles. The van der Waals surface area contributed by atoms with Crippen LogP contribution in [-0.4, -0.2) is 53.0 Å². The molecule has 0 radical (unpaired) electrons. The number of fused-ring (bicyclic) bond motifs is 1. The zero-order chi connectivity index (χ0) is 27.6. The Morgan fingerprint density at radius 3 is 2.56 bits per heavy atom. The molecule has 0 saturated carbocycles. The Labute approximate surface area is 226 Å². The fraction of sp³-hybridized carbons (Fsp3) is 0.258. The van der Waals surface area contributed by atoms with E-state index in [-0.39, 0.29) is 12.1 Å². The number of H-pyrrole nitrogens is 1. The number of benzene rings is 2. The van der Waals surface area contributed by atoms with Gasteiger partial charge in [0.1, 0.15) is 0 Å². The number of halogens is 3. The van der Waals surface area contributed by atoms with Gasteiger partial charge in [0.05, 0.1) is 22.8 Å². The second-order valence-corrected chi connectivity index (χ2v) is 9.96. The number of aryl methyl sites for hydroxylation is 1. The molecule has 0 atom stereocenters. The molecule has 4 aromatic rings. The van der Waals surface area contributed by atoms with E-state index in [0.717, 1.165) is 59.3 Å². The number of aromatic nitrogens is 2. The number of nitrogens with one attached hydrogen (secondary N) is 2. The number of piperazine rings is 1. The number of hydrogen-bond donors (Lipinski definition) is 2. The third-order valence-corrected chi connectivity index (χ3v) is 7.09. The molecule has 5 rings (SSSR count). The van der Waals surface area contributed by atoms with E-state index >= 15 is 0 Å². The minimum Gasteiger partial charge on any atom is -0.360 e. The maximum Gasteiger partial charge on any atom is 0.416 e. The molecule has 1 aliphatic heterocycles. The highest BCUT2D eigenvalue weighted by atomic mass is 19.4. The van der Waals surface area contributed by atoms with Crippen LogP contribution in [0.3, 0.4) is 0 Å². The molecule has 2 N–H and O–H groups in total. The van der Waals surface area contributed by atoms with Gasteiger partial charge in [0.15, 0.2) is 0 Å². The quantitative estimate of drug-likeness (QED) is 0.306. The molecular formula is C31H30F3N5. The third-order valence-electron chi connectivity index (χ3n) is 7.09. The summed E-state index contributed by atoms with van der Waals surface area (Å²) in [7, 11) is 2.02. The number of nitrogens with zero attached hydrogens (tertiary/aromatic N) is 3. The maximum atomic E-state index is 14.0. The lowest BCUT2D eigenvalue weighted by Crippen LogP contribution is -2.44. The third kappa shape index (κ3) is 6.17. The normalized spacial score (nSPS) is 14.7. The van der Waals surface area contributed by atoms with Gasteiger partial charge in [-0.3, -0.25) is 9.88 Å². The van der Waals surface area contributed by atoms with Crippen LogP contribution in [0.5, 0.6) is 0 Å². The van der Waals surface area contributed by atoms with Crippen molar-refractivity contribution in [1.29, 1.82) is 0 Å². The summed E-state index contributed by atoms with van der Waals surface area (Å²) in [6.45, 7) is 9.53. The van der Waals surface area contributed by atoms with E-state index in [1.165, 1.54) is 6.07 Å². The average Bonchev–Trinajstić information content (AvgIpc) is 3.39. The van der Waals surface area contributed by atoms with Crippen LogP contribution in [0.4, 0.5) is 18.9 Å². The molecule has 0 spiro atoms. The molecule has 0 bridgehead atoms. The number of anilines is 1. The first-order valence-corrected chi connectivity index (χ1v) is 12.8. The second-order valence-electron chi connectivity index (χ2n) is 9.96.